The number of amides is 1. The van der Waals surface area contributed by atoms with Gasteiger partial charge in [0.1, 0.15) is 5.82 Å². The van der Waals surface area contributed by atoms with Crippen LogP contribution in [0.1, 0.15) is 37.2 Å². The molecule has 0 N–H and O–H groups in total. The zero-order valence-corrected chi connectivity index (χ0v) is 14.7. The topological polar surface area (TPSA) is 32.8 Å². The van der Waals surface area contributed by atoms with Gasteiger partial charge in [0.25, 0.3) is 0 Å². The van der Waals surface area contributed by atoms with Crippen molar-refractivity contribution in [1.82, 2.24) is 9.80 Å². The molecule has 1 aromatic rings. The number of carbonyl (C=O) groups excluding carboxylic acids is 1. The van der Waals surface area contributed by atoms with Gasteiger partial charge < -0.3 is 9.64 Å². The maximum absolute atomic E-state index is 14.0. The van der Waals surface area contributed by atoms with Crippen molar-refractivity contribution in [3.05, 3.63) is 35.6 Å². The van der Waals surface area contributed by atoms with Crippen molar-refractivity contribution in [2.75, 3.05) is 39.4 Å². The summed E-state index contributed by atoms with van der Waals surface area (Å²) < 4.78 is 19.4. The van der Waals surface area contributed by atoms with Gasteiger partial charge in [-0.15, -0.1) is 0 Å². The fraction of sp³-hybridized carbons (Fsp3) is 0.650. The minimum Gasteiger partial charge on any atom is -0.379 e. The highest BCUT2D eigenvalue weighted by Crippen LogP contribution is 2.49. The third-order valence-corrected chi connectivity index (χ3v) is 5.90. The van der Waals surface area contributed by atoms with Crippen LogP contribution in [0.25, 0.3) is 0 Å². The smallest absolute Gasteiger partial charge is 0.226 e. The third kappa shape index (κ3) is 3.72. The van der Waals surface area contributed by atoms with E-state index in [2.05, 4.69) is 9.80 Å². The second-order valence-corrected chi connectivity index (χ2v) is 7.56. The van der Waals surface area contributed by atoms with Crippen molar-refractivity contribution < 1.29 is 13.9 Å². The largest absolute Gasteiger partial charge is 0.379 e. The van der Waals surface area contributed by atoms with Gasteiger partial charge in [-0.05, 0) is 43.2 Å². The minimum absolute atomic E-state index is 0.0258. The molecule has 1 amide bonds. The summed E-state index contributed by atoms with van der Waals surface area (Å²) in [6.07, 6.45) is 4.16. The first-order valence-corrected chi connectivity index (χ1v) is 9.59. The average Bonchev–Trinajstić information content (AvgIpc) is 3.43. The Balaban J connectivity index is 1.40. The molecule has 0 aromatic heterocycles. The highest BCUT2D eigenvalue weighted by atomic mass is 19.1. The number of hydrogen-bond donors (Lipinski definition) is 0. The van der Waals surface area contributed by atoms with Crippen LogP contribution in [0.15, 0.2) is 24.3 Å². The molecule has 0 radical (unpaired) electrons. The van der Waals surface area contributed by atoms with E-state index in [4.69, 9.17) is 4.74 Å². The molecule has 0 bridgehead atoms. The van der Waals surface area contributed by atoms with E-state index in [-0.39, 0.29) is 23.6 Å². The monoisotopic (exact) mass is 346 g/mol. The van der Waals surface area contributed by atoms with Crippen LogP contribution in [0.5, 0.6) is 0 Å². The van der Waals surface area contributed by atoms with Crippen molar-refractivity contribution in [2.45, 2.75) is 37.6 Å². The Morgan fingerprint density at radius 2 is 1.96 bits per heavy atom. The summed E-state index contributed by atoms with van der Waals surface area (Å²) >= 11 is 0. The first kappa shape index (κ1) is 17.0. The number of benzene rings is 1. The Morgan fingerprint density at radius 3 is 2.76 bits per heavy atom. The molecule has 3 fully saturated rings. The van der Waals surface area contributed by atoms with E-state index in [1.165, 1.54) is 12.5 Å². The van der Waals surface area contributed by atoms with Gasteiger partial charge in [0.2, 0.25) is 5.91 Å². The van der Waals surface area contributed by atoms with Crippen LogP contribution in [0, 0.1) is 11.7 Å². The Morgan fingerprint density at radius 1 is 1.16 bits per heavy atom. The van der Waals surface area contributed by atoms with Crippen LogP contribution < -0.4 is 0 Å². The molecule has 25 heavy (non-hydrogen) atoms. The molecule has 4 rings (SSSR count). The summed E-state index contributed by atoms with van der Waals surface area (Å²) in [6, 6.07) is 7.20. The van der Waals surface area contributed by atoms with Crippen LogP contribution in [-0.2, 0) is 9.53 Å². The van der Waals surface area contributed by atoms with Crippen LogP contribution in [0.4, 0.5) is 4.39 Å². The number of ether oxygens (including phenoxy) is 1. The summed E-state index contributed by atoms with van der Waals surface area (Å²) in [5, 5.41) is 0. The number of piperidine rings is 1. The number of morpholine rings is 1. The molecule has 2 saturated heterocycles. The van der Waals surface area contributed by atoms with Gasteiger partial charge in [-0.2, -0.15) is 0 Å². The number of carbonyl (C=O) groups is 1. The van der Waals surface area contributed by atoms with E-state index in [0.717, 1.165) is 58.7 Å². The Kier molecular flexibility index (Phi) is 5.04. The average molecular weight is 346 g/mol. The Hall–Kier alpha value is -1.46. The molecular weight excluding hydrogens is 319 g/mol. The van der Waals surface area contributed by atoms with Crippen molar-refractivity contribution in [2.24, 2.45) is 5.92 Å². The van der Waals surface area contributed by atoms with E-state index >= 15 is 0 Å². The molecule has 4 nitrogen and oxygen atoms in total. The number of likely N-dealkylation sites (tertiary alicyclic amines) is 1. The molecule has 5 heteroatoms. The van der Waals surface area contributed by atoms with Crippen LogP contribution in [0.2, 0.25) is 0 Å². The zero-order valence-electron chi connectivity index (χ0n) is 14.7. The SMILES string of the molecule is O=C([C@@H]1C[C@H]1c1ccccc1F)N1CCCC[C@H]1CN1CCOCC1. The highest BCUT2D eigenvalue weighted by molar-refractivity contribution is 5.83. The standard InChI is InChI=1S/C20H27FN2O2/c21-19-7-2-1-6-16(19)17-13-18(17)20(24)23-8-4-3-5-15(23)14-22-9-11-25-12-10-22/h1-2,6-7,15,17-18H,3-5,8-14H2/t15-,17-,18+/m0/s1. The van der Waals surface area contributed by atoms with Gasteiger partial charge >= 0.3 is 0 Å². The lowest BCUT2D eigenvalue weighted by molar-refractivity contribution is -0.137. The van der Waals surface area contributed by atoms with Gasteiger partial charge in [0, 0.05) is 38.1 Å². The minimum atomic E-state index is -0.175. The predicted molar refractivity (Wildman–Crippen MR) is 93.9 cm³/mol. The van der Waals surface area contributed by atoms with Gasteiger partial charge in [0.15, 0.2) is 0 Å². The third-order valence-electron chi connectivity index (χ3n) is 5.90. The zero-order chi connectivity index (χ0) is 17.2. The number of halogens is 1. The lowest BCUT2D eigenvalue weighted by Gasteiger charge is -2.40. The fourth-order valence-corrected chi connectivity index (χ4v) is 4.36. The molecule has 0 unspecified atom stereocenters. The molecule has 1 saturated carbocycles. The van der Waals surface area contributed by atoms with Crippen LogP contribution >= 0.6 is 0 Å². The molecule has 1 aromatic carbocycles. The molecule has 2 heterocycles. The van der Waals surface area contributed by atoms with E-state index in [9.17, 15) is 9.18 Å². The lowest BCUT2D eigenvalue weighted by atomic mass is 10.00. The first-order chi connectivity index (χ1) is 12.2. The van der Waals surface area contributed by atoms with Gasteiger partial charge in [-0.3, -0.25) is 9.69 Å². The summed E-state index contributed by atoms with van der Waals surface area (Å²) in [4.78, 5) is 17.6. The van der Waals surface area contributed by atoms with Crippen molar-refractivity contribution in [1.29, 1.82) is 0 Å². The van der Waals surface area contributed by atoms with Gasteiger partial charge in [-0.25, -0.2) is 4.39 Å². The summed E-state index contributed by atoms with van der Waals surface area (Å²) in [6.45, 7) is 5.30. The van der Waals surface area contributed by atoms with Gasteiger partial charge in [-0.1, -0.05) is 18.2 Å². The maximum Gasteiger partial charge on any atom is 0.226 e. The Bertz CT molecular complexity index is 617. The molecule has 0 spiro atoms. The molecular formula is C20H27FN2O2. The van der Waals surface area contributed by atoms with E-state index < -0.39 is 0 Å². The normalized spacial score (nSPS) is 30.3. The molecule has 136 valence electrons. The second kappa shape index (κ2) is 7.42. The van der Waals surface area contributed by atoms with Gasteiger partial charge in [0.05, 0.1) is 13.2 Å². The van der Waals surface area contributed by atoms with E-state index in [0.29, 0.717) is 11.6 Å². The van der Waals surface area contributed by atoms with Crippen molar-refractivity contribution >= 4 is 5.91 Å². The van der Waals surface area contributed by atoms with Crippen molar-refractivity contribution in [3.63, 3.8) is 0 Å². The van der Waals surface area contributed by atoms with Crippen molar-refractivity contribution in [3.8, 4) is 0 Å². The van der Waals surface area contributed by atoms with Crippen LogP contribution in [0.3, 0.4) is 0 Å². The summed E-state index contributed by atoms with van der Waals surface area (Å²) in [5.74, 6) is 0.111. The van der Waals surface area contributed by atoms with Crippen LogP contribution in [-0.4, -0.2) is 61.1 Å². The number of nitrogens with zero attached hydrogens (tertiary/aromatic N) is 2. The predicted octanol–water partition coefficient (Wildman–Crippen LogP) is 2.64. The van der Waals surface area contributed by atoms with E-state index in [1.807, 2.05) is 12.1 Å². The fourth-order valence-electron chi connectivity index (χ4n) is 4.36. The molecule has 3 atom stereocenters. The lowest BCUT2D eigenvalue weighted by Crippen LogP contribution is -2.51. The highest BCUT2D eigenvalue weighted by Gasteiger charge is 2.48. The quantitative estimate of drug-likeness (QED) is 0.840. The second-order valence-electron chi connectivity index (χ2n) is 7.56. The maximum atomic E-state index is 14.0. The Labute approximate surface area is 148 Å². The summed E-state index contributed by atoms with van der Waals surface area (Å²) in [7, 11) is 0. The van der Waals surface area contributed by atoms with E-state index in [1.54, 1.807) is 6.07 Å². The molecule has 2 aliphatic heterocycles. The summed E-state index contributed by atoms with van der Waals surface area (Å²) in [5.41, 5.74) is 0.711. The first-order valence-electron chi connectivity index (χ1n) is 9.59. The number of hydrogen-bond acceptors (Lipinski definition) is 3. The molecule has 1 aliphatic carbocycles. The number of rotatable bonds is 4. The molecule has 3 aliphatic rings.